The highest BCUT2D eigenvalue weighted by Crippen LogP contribution is 2.33. The zero-order valence-corrected chi connectivity index (χ0v) is 9.58. The van der Waals surface area contributed by atoms with E-state index in [2.05, 4.69) is 15.9 Å². The van der Waals surface area contributed by atoms with E-state index in [9.17, 15) is 4.79 Å². The van der Waals surface area contributed by atoms with Gasteiger partial charge in [0.05, 0.1) is 14.9 Å². The zero-order chi connectivity index (χ0) is 9.59. The molecule has 13 heavy (non-hydrogen) atoms. The highest BCUT2D eigenvalue weighted by Gasteiger charge is 2.28. The molecular weight excluding hydrogens is 275 g/mol. The number of Topliss-reactive ketones (excluding diaryl/α,β-unsaturated/α-hetero) is 1. The minimum atomic E-state index is -0.114. The molecule has 0 N–H and O–H groups in total. The quantitative estimate of drug-likeness (QED) is 0.665. The third kappa shape index (κ3) is 1.51. The van der Waals surface area contributed by atoms with E-state index >= 15 is 0 Å². The molecule has 0 aromatic heterocycles. The first-order valence-corrected chi connectivity index (χ1v) is 5.43. The van der Waals surface area contributed by atoms with Crippen molar-refractivity contribution in [3.05, 3.63) is 33.3 Å². The minimum absolute atomic E-state index is 0.0913. The highest BCUT2D eigenvalue weighted by atomic mass is 79.9. The first-order valence-electron chi connectivity index (χ1n) is 3.76. The van der Waals surface area contributed by atoms with Gasteiger partial charge in [-0.3, -0.25) is 4.79 Å². The fourth-order valence-corrected chi connectivity index (χ4v) is 2.39. The average Bonchev–Trinajstić information content (AvgIpc) is 2.32. The second-order valence-electron chi connectivity index (χ2n) is 2.96. The highest BCUT2D eigenvalue weighted by molar-refractivity contribution is 9.10. The van der Waals surface area contributed by atoms with Gasteiger partial charge in [0, 0.05) is 5.56 Å². The zero-order valence-electron chi connectivity index (χ0n) is 6.48. The van der Waals surface area contributed by atoms with Crippen molar-refractivity contribution < 1.29 is 4.79 Å². The molecule has 0 amide bonds. The number of carbonyl (C=O) groups is 1. The second-order valence-corrected chi connectivity index (χ2v) is 4.88. The smallest absolute Gasteiger partial charge is 0.177 e. The fourth-order valence-electron chi connectivity index (χ4n) is 1.44. The summed E-state index contributed by atoms with van der Waals surface area (Å²) in [5.74, 6) is 0.0913. The van der Waals surface area contributed by atoms with Crippen LogP contribution in [0.3, 0.4) is 0 Å². The Morgan fingerprint density at radius 2 is 1.92 bits per heavy atom. The molecule has 1 aliphatic carbocycles. The van der Waals surface area contributed by atoms with Crippen molar-refractivity contribution in [1.82, 2.24) is 0 Å². The summed E-state index contributed by atoms with van der Waals surface area (Å²) in [5, 5.41) is 0.949. The van der Waals surface area contributed by atoms with E-state index in [1.807, 2.05) is 0 Å². The molecule has 0 radical (unpaired) electrons. The summed E-state index contributed by atoms with van der Waals surface area (Å²) in [4.78, 5) is 11.4. The molecule has 1 aromatic carbocycles. The molecule has 0 bridgehead atoms. The van der Waals surface area contributed by atoms with E-state index in [0.29, 0.717) is 22.0 Å². The number of fused-ring (bicyclic) bond motifs is 1. The predicted molar refractivity (Wildman–Crippen MR) is 57.2 cm³/mol. The van der Waals surface area contributed by atoms with Gasteiger partial charge < -0.3 is 0 Å². The third-order valence-electron chi connectivity index (χ3n) is 2.10. The molecule has 0 saturated heterocycles. The number of carbonyl (C=O) groups excluding carboxylic acids is 1. The van der Waals surface area contributed by atoms with E-state index in [1.165, 1.54) is 0 Å². The first-order chi connectivity index (χ1) is 6.09. The molecule has 0 fully saturated rings. The molecule has 1 aromatic rings. The van der Waals surface area contributed by atoms with Crippen LogP contribution in [-0.4, -0.2) is 10.6 Å². The van der Waals surface area contributed by atoms with E-state index < -0.39 is 0 Å². The Bertz CT molecular complexity index is 389. The van der Waals surface area contributed by atoms with Gasteiger partial charge in [0.25, 0.3) is 0 Å². The summed E-state index contributed by atoms with van der Waals surface area (Å²) >= 11 is 14.9. The van der Waals surface area contributed by atoms with E-state index in [-0.39, 0.29) is 10.6 Å². The van der Waals surface area contributed by atoms with Gasteiger partial charge >= 0.3 is 0 Å². The summed E-state index contributed by atoms with van der Waals surface area (Å²) in [7, 11) is 0. The Balaban J connectivity index is 2.59. The summed E-state index contributed by atoms with van der Waals surface area (Å²) in [6.07, 6.45) is 0.699. The van der Waals surface area contributed by atoms with Crippen molar-refractivity contribution in [3.8, 4) is 0 Å². The summed E-state index contributed by atoms with van der Waals surface area (Å²) in [6.45, 7) is 0. The van der Waals surface area contributed by atoms with Gasteiger partial charge in [-0.1, -0.05) is 39.1 Å². The van der Waals surface area contributed by atoms with Crippen LogP contribution in [0.25, 0.3) is 0 Å². The number of hydrogen-bond donors (Lipinski definition) is 0. The molecule has 1 nitrogen and oxygen atoms in total. The maximum atomic E-state index is 11.5. The van der Waals surface area contributed by atoms with Crippen molar-refractivity contribution in [2.45, 2.75) is 11.2 Å². The Labute approximate surface area is 94.2 Å². The van der Waals surface area contributed by atoms with Crippen molar-refractivity contribution >= 4 is 44.9 Å². The summed E-state index contributed by atoms with van der Waals surface area (Å²) < 4.78 is 0. The summed E-state index contributed by atoms with van der Waals surface area (Å²) in [6, 6.07) is 3.40. The topological polar surface area (TPSA) is 17.1 Å². The molecule has 1 aliphatic rings. The normalized spacial score (nSPS) is 20.5. The monoisotopic (exact) mass is 278 g/mol. The Morgan fingerprint density at radius 1 is 1.31 bits per heavy atom. The lowest BCUT2D eigenvalue weighted by Gasteiger charge is -1.99. The molecule has 1 atom stereocenters. The van der Waals surface area contributed by atoms with E-state index in [4.69, 9.17) is 23.2 Å². The molecule has 0 aliphatic heterocycles. The van der Waals surface area contributed by atoms with Crippen LogP contribution in [0.1, 0.15) is 15.9 Å². The van der Waals surface area contributed by atoms with Crippen molar-refractivity contribution in [2.24, 2.45) is 0 Å². The van der Waals surface area contributed by atoms with Crippen LogP contribution < -0.4 is 0 Å². The molecule has 0 spiro atoms. The van der Waals surface area contributed by atoms with Gasteiger partial charge in [-0.25, -0.2) is 0 Å². The molecular formula is C9H5BrCl2O. The Hall–Kier alpha value is -0.0500. The second kappa shape index (κ2) is 3.26. The van der Waals surface area contributed by atoms with Crippen LogP contribution in [0.15, 0.2) is 12.1 Å². The Kier molecular flexibility index (Phi) is 2.39. The van der Waals surface area contributed by atoms with Gasteiger partial charge in [-0.2, -0.15) is 0 Å². The van der Waals surface area contributed by atoms with Crippen molar-refractivity contribution in [1.29, 1.82) is 0 Å². The molecule has 0 heterocycles. The van der Waals surface area contributed by atoms with Gasteiger partial charge in [0.1, 0.15) is 0 Å². The van der Waals surface area contributed by atoms with Crippen LogP contribution in [0.5, 0.6) is 0 Å². The minimum Gasteiger partial charge on any atom is -0.293 e. The van der Waals surface area contributed by atoms with Crippen LogP contribution in [0.4, 0.5) is 0 Å². The number of alkyl halides is 1. The lowest BCUT2D eigenvalue weighted by molar-refractivity contribution is 0.100. The summed E-state index contributed by atoms with van der Waals surface area (Å²) in [5.41, 5.74) is 1.66. The SMILES string of the molecule is O=C1c2cc(Cl)c(Cl)cc2C[C@H]1Br. The van der Waals surface area contributed by atoms with Crippen LogP contribution >= 0.6 is 39.1 Å². The number of benzene rings is 1. The first kappa shape index (κ1) is 9.50. The van der Waals surface area contributed by atoms with Gasteiger partial charge in [0.15, 0.2) is 5.78 Å². The number of hydrogen-bond acceptors (Lipinski definition) is 1. The lowest BCUT2D eigenvalue weighted by Crippen LogP contribution is -2.05. The molecule has 0 saturated carbocycles. The number of ketones is 1. The number of rotatable bonds is 0. The number of halogens is 3. The van der Waals surface area contributed by atoms with Crippen molar-refractivity contribution in [3.63, 3.8) is 0 Å². The van der Waals surface area contributed by atoms with Crippen LogP contribution in [0.2, 0.25) is 10.0 Å². The van der Waals surface area contributed by atoms with Crippen LogP contribution in [-0.2, 0) is 6.42 Å². The predicted octanol–water partition coefficient (Wildman–Crippen LogP) is 3.50. The van der Waals surface area contributed by atoms with Gasteiger partial charge in [-0.15, -0.1) is 0 Å². The van der Waals surface area contributed by atoms with Gasteiger partial charge in [0.2, 0.25) is 0 Å². The maximum Gasteiger partial charge on any atom is 0.177 e. The van der Waals surface area contributed by atoms with Crippen molar-refractivity contribution in [2.75, 3.05) is 0 Å². The fraction of sp³-hybridized carbons (Fsp3) is 0.222. The van der Waals surface area contributed by atoms with Gasteiger partial charge in [-0.05, 0) is 24.1 Å². The molecule has 0 unspecified atom stereocenters. The third-order valence-corrected chi connectivity index (χ3v) is 3.56. The molecule has 4 heteroatoms. The largest absolute Gasteiger partial charge is 0.293 e. The Morgan fingerprint density at radius 3 is 2.62 bits per heavy atom. The molecule has 2 rings (SSSR count). The standard InChI is InChI=1S/C9H5BrCl2O/c10-6-1-4-2-7(11)8(12)3-5(4)9(6)13/h2-3,6H,1H2/t6-/m1/s1. The van der Waals surface area contributed by atoms with Crippen LogP contribution in [0, 0.1) is 0 Å². The van der Waals surface area contributed by atoms with E-state index in [1.54, 1.807) is 12.1 Å². The maximum absolute atomic E-state index is 11.5. The lowest BCUT2D eigenvalue weighted by atomic mass is 10.1. The molecule has 68 valence electrons. The average molecular weight is 280 g/mol. The van der Waals surface area contributed by atoms with E-state index in [0.717, 1.165) is 5.56 Å².